The molecule has 11 heteroatoms. The van der Waals surface area contributed by atoms with Gasteiger partial charge in [-0.25, -0.2) is 0 Å². The lowest BCUT2D eigenvalue weighted by molar-refractivity contribution is -0.159. The highest BCUT2D eigenvalue weighted by molar-refractivity contribution is 5.98. The van der Waals surface area contributed by atoms with Gasteiger partial charge in [-0.1, -0.05) is 5.16 Å². The Morgan fingerprint density at radius 2 is 1.90 bits per heavy atom. The Labute approximate surface area is 161 Å². The van der Waals surface area contributed by atoms with Gasteiger partial charge in [-0.2, -0.15) is 18.2 Å². The standard InChI is InChI=1S/C18H13F3N6O2/c1-27(2)16(28)13-7-10-6-12(23-8-14(10)24-13)11-5-9(3-4-22-11)15-25-17(29-26-15)18(19,20)21/h3-8,24H,1-2H3. The van der Waals surface area contributed by atoms with Crippen molar-refractivity contribution in [1.82, 2.24) is 30.0 Å². The summed E-state index contributed by atoms with van der Waals surface area (Å²) in [5.41, 5.74) is 2.26. The maximum absolute atomic E-state index is 12.7. The molecule has 0 fully saturated rings. The van der Waals surface area contributed by atoms with Gasteiger partial charge in [0, 0.05) is 31.2 Å². The number of nitrogens with zero attached hydrogens (tertiary/aromatic N) is 5. The van der Waals surface area contributed by atoms with Crippen LogP contribution < -0.4 is 0 Å². The summed E-state index contributed by atoms with van der Waals surface area (Å²) in [6, 6.07) is 6.40. The van der Waals surface area contributed by atoms with Gasteiger partial charge >= 0.3 is 12.1 Å². The molecule has 0 bridgehead atoms. The highest BCUT2D eigenvalue weighted by Crippen LogP contribution is 2.30. The summed E-state index contributed by atoms with van der Waals surface area (Å²) < 4.78 is 42.3. The van der Waals surface area contributed by atoms with E-state index >= 15 is 0 Å². The summed E-state index contributed by atoms with van der Waals surface area (Å²) in [5, 5.41) is 4.12. The van der Waals surface area contributed by atoms with Gasteiger partial charge in [0.2, 0.25) is 5.82 Å². The van der Waals surface area contributed by atoms with Crippen LogP contribution in [0.15, 0.2) is 41.2 Å². The summed E-state index contributed by atoms with van der Waals surface area (Å²) in [6.07, 6.45) is -1.75. The third-order valence-corrected chi connectivity index (χ3v) is 4.09. The Morgan fingerprint density at radius 1 is 1.14 bits per heavy atom. The van der Waals surface area contributed by atoms with E-state index < -0.39 is 12.1 Å². The molecule has 4 rings (SSSR count). The molecule has 0 aromatic carbocycles. The van der Waals surface area contributed by atoms with E-state index in [2.05, 4.69) is 29.6 Å². The maximum Gasteiger partial charge on any atom is 0.471 e. The van der Waals surface area contributed by atoms with Crippen molar-refractivity contribution in [3.05, 3.63) is 48.2 Å². The van der Waals surface area contributed by atoms with Gasteiger partial charge in [0.05, 0.1) is 23.1 Å². The number of hydrogen-bond donors (Lipinski definition) is 1. The fourth-order valence-electron chi connectivity index (χ4n) is 2.69. The van der Waals surface area contributed by atoms with E-state index in [0.717, 1.165) is 5.39 Å². The number of rotatable bonds is 3. The molecule has 0 saturated carbocycles. The average Bonchev–Trinajstić information content (AvgIpc) is 3.33. The van der Waals surface area contributed by atoms with Gasteiger partial charge < -0.3 is 14.4 Å². The number of carbonyl (C=O) groups is 1. The molecule has 4 aromatic rings. The lowest BCUT2D eigenvalue weighted by Crippen LogP contribution is -2.21. The topological polar surface area (TPSA) is 101 Å². The second-order valence-electron chi connectivity index (χ2n) is 6.39. The van der Waals surface area contributed by atoms with Crippen molar-refractivity contribution >= 4 is 16.8 Å². The Morgan fingerprint density at radius 3 is 2.59 bits per heavy atom. The molecular weight excluding hydrogens is 389 g/mol. The Hall–Kier alpha value is -3.76. The number of hydrogen-bond acceptors (Lipinski definition) is 6. The predicted octanol–water partition coefficient (Wildman–Crippen LogP) is 3.40. The fraction of sp³-hybridized carbons (Fsp3) is 0.167. The second-order valence-corrected chi connectivity index (χ2v) is 6.39. The zero-order valence-electron chi connectivity index (χ0n) is 15.2. The van der Waals surface area contributed by atoms with E-state index in [1.165, 1.54) is 23.2 Å². The largest absolute Gasteiger partial charge is 0.471 e. The molecule has 8 nitrogen and oxygen atoms in total. The molecule has 0 aliphatic rings. The number of alkyl halides is 3. The molecule has 0 spiro atoms. The number of fused-ring (bicyclic) bond motifs is 1. The van der Waals surface area contributed by atoms with E-state index in [-0.39, 0.29) is 11.7 Å². The van der Waals surface area contributed by atoms with Gasteiger partial charge in [0.15, 0.2) is 0 Å². The first-order chi connectivity index (χ1) is 13.7. The second kappa shape index (κ2) is 6.69. The van der Waals surface area contributed by atoms with Gasteiger partial charge in [-0.05, 0) is 24.3 Å². The molecule has 0 aliphatic heterocycles. The van der Waals surface area contributed by atoms with Crippen LogP contribution in [0.2, 0.25) is 0 Å². The molecular formula is C18H13F3N6O2. The minimum absolute atomic E-state index is 0.180. The first-order valence-corrected chi connectivity index (χ1v) is 8.30. The minimum atomic E-state index is -4.72. The number of halogens is 3. The van der Waals surface area contributed by atoms with E-state index in [1.807, 2.05) is 0 Å². The number of aromatic amines is 1. The predicted molar refractivity (Wildman–Crippen MR) is 95.6 cm³/mol. The zero-order valence-corrected chi connectivity index (χ0v) is 15.2. The van der Waals surface area contributed by atoms with Crippen molar-refractivity contribution in [2.75, 3.05) is 14.1 Å². The Bertz CT molecular complexity index is 1210. The summed E-state index contributed by atoms with van der Waals surface area (Å²) >= 11 is 0. The summed E-state index contributed by atoms with van der Waals surface area (Å²) in [4.78, 5) is 28.4. The number of aromatic nitrogens is 5. The van der Waals surface area contributed by atoms with Crippen LogP contribution in [-0.2, 0) is 6.18 Å². The molecule has 0 atom stereocenters. The Balaban J connectivity index is 1.70. The van der Waals surface area contributed by atoms with E-state index in [1.54, 1.807) is 32.4 Å². The highest BCUT2D eigenvalue weighted by atomic mass is 19.4. The Kier molecular flexibility index (Phi) is 4.29. The fourth-order valence-corrected chi connectivity index (χ4v) is 2.69. The number of pyridine rings is 2. The molecule has 0 radical (unpaired) electrons. The van der Waals surface area contributed by atoms with Crippen LogP contribution >= 0.6 is 0 Å². The van der Waals surface area contributed by atoms with E-state index in [0.29, 0.717) is 28.2 Å². The molecule has 4 aromatic heterocycles. The van der Waals surface area contributed by atoms with Crippen LogP contribution in [0, 0.1) is 0 Å². The van der Waals surface area contributed by atoms with Crippen LogP contribution in [0.4, 0.5) is 13.2 Å². The van der Waals surface area contributed by atoms with Crippen molar-refractivity contribution in [2.45, 2.75) is 6.18 Å². The van der Waals surface area contributed by atoms with Crippen LogP contribution in [0.5, 0.6) is 0 Å². The highest BCUT2D eigenvalue weighted by Gasteiger charge is 2.38. The summed E-state index contributed by atoms with van der Waals surface area (Å²) in [6.45, 7) is 0. The molecule has 0 unspecified atom stereocenters. The van der Waals surface area contributed by atoms with Crippen molar-refractivity contribution < 1.29 is 22.5 Å². The van der Waals surface area contributed by atoms with Crippen LogP contribution in [-0.4, -0.2) is 50.0 Å². The van der Waals surface area contributed by atoms with E-state index in [9.17, 15) is 18.0 Å². The smallest absolute Gasteiger partial charge is 0.349 e. The van der Waals surface area contributed by atoms with Crippen molar-refractivity contribution in [1.29, 1.82) is 0 Å². The quantitative estimate of drug-likeness (QED) is 0.564. The third-order valence-electron chi connectivity index (χ3n) is 4.09. The van der Waals surface area contributed by atoms with E-state index in [4.69, 9.17) is 0 Å². The number of nitrogens with one attached hydrogen (secondary N) is 1. The SMILES string of the molecule is CN(C)C(=O)c1cc2cc(-c3cc(-c4noc(C(F)(F)F)n4)ccn3)ncc2[nH]1. The average molecular weight is 402 g/mol. The van der Waals surface area contributed by atoms with Crippen LogP contribution in [0.1, 0.15) is 16.4 Å². The number of H-pyrrole nitrogens is 1. The molecule has 148 valence electrons. The molecule has 0 aliphatic carbocycles. The third kappa shape index (κ3) is 3.53. The first kappa shape index (κ1) is 18.6. The molecule has 29 heavy (non-hydrogen) atoms. The van der Waals surface area contributed by atoms with Crippen LogP contribution in [0.25, 0.3) is 33.7 Å². The molecule has 0 saturated heterocycles. The van der Waals surface area contributed by atoms with Crippen molar-refractivity contribution in [3.63, 3.8) is 0 Å². The van der Waals surface area contributed by atoms with Crippen molar-refractivity contribution in [3.8, 4) is 22.8 Å². The molecule has 1 amide bonds. The maximum atomic E-state index is 12.7. The lowest BCUT2D eigenvalue weighted by Gasteiger charge is -2.07. The van der Waals surface area contributed by atoms with Crippen molar-refractivity contribution in [2.24, 2.45) is 0 Å². The molecule has 1 N–H and O–H groups in total. The minimum Gasteiger partial charge on any atom is -0.349 e. The summed E-state index contributed by atoms with van der Waals surface area (Å²) in [5.74, 6) is -1.81. The first-order valence-electron chi connectivity index (χ1n) is 8.30. The van der Waals surface area contributed by atoms with Gasteiger partial charge in [-0.15, -0.1) is 0 Å². The summed E-state index contributed by atoms with van der Waals surface area (Å²) in [7, 11) is 3.30. The number of amides is 1. The monoisotopic (exact) mass is 402 g/mol. The van der Waals surface area contributed by atoms with Gasteiger partial charge in [0.25, 0.3) is 5.91 Å². The normalized spacial score (nSPS) is 11.8. The van der Waals surface area contributed by atoms with Gasteiger partial charge in [-0.3, -0.25) is 14.8 Å². The molecule has 4 heterocycles. The number of carbonyl (C=O) groups excluding carboxylic acids is 1. The lowest BCUT2D eigenvalue weighted by atomic mass is 10.1. The van der Waals surface area contributed by atoms with Gasteiger partial charge in [0.1, 0.15) is 5.69 Å². The van der Waals surface area contributed by atoms with Crippen LogP contribution in [0.3, 0.4) is 0 Å². The zero-order chi connectivity index (χ0) is 20.8.